The van der Waals surface area contributed by atoms with E-state index >= 15 is 0 Å². The average Bonchev–Trinajstić information content (AvgIpc) is 3.72. The molecule has 0 saturated carbocycles. The van der Waals surface area contributed by atoms with E-state index in [9.17, 15) is 26.3 Å². The molecule has 8 aromatic carbocycles. The summed E-state index contributed by atoms with van der Waals surface area (Å²) in [5.74, 6) is 2.30. The lowest BCUT2D eigenvalue weighted by molar-refractivity contribution is -0.143. The highest BCUT2D eigenvalue weighted by atomic mass is 19.4. The molecule has 0 atom stereocenters. The van der Waals surface area contributed by atoms with E-state index in [0.717, 1.165) is 39.8 Å². The Balaban J connectivity index is 1.20. The predicted molar refractivity (Wildman–Crippen MR) is 256 cm³/mol. The quantitative estimate of drug-likeness (QED) is 0.141. The highest BCUT2D eigenvalue weighted by Crippen LogP contribution is 2.42. The topological polar surface area (TPSA) is 82.3 Å². The van der Waals surface area contributed by atoms with Gasteiger partial charge in [0.1, 0.15) is 0 Å². The Labute approximate surface area is 390 Å². The van der Waals surface area contributed by atoms with E-state index in [4.69, 9.17) is 29.9 Å². The van der Waals surface area contributed by atoms with E-state index in [1.807, 2.05) is 168 Å². The van der Waals surface area contributed by atoms with Crippen LogP contribution in [0.1, 0.15) is 11.1 Å². The van der Waals surface area contributed by atoms with Gasteiger partial charge in [0.2, 0.25) is 0 Å². The molecule has 0 saturated heterocycles. The summed E-state index contributed by atoms with van der Waals surface area (Å²) in [6, 6.07) is 57.7. The molecule has 3 aromatic heterocycles. The van der Waals surface area contributed by atoms with Gasteiger partial charge in [-0.2, -0.15) is 26.3 Å². The first-order valence-corrected chi connectivity index (χ1v) is 21.7. The third kappa shape index (κ3) is 8.35. The molecule has 0 fully saturated rings. The third-order valence-electron chi connectivity index (χ3n) is 11.7. The number of para-hydroxylation sites is 1. The molecule has 0 spiro atoms. The molecular formula is C56H33F6N7. The first kappa shape index (κ1) is 42.8. The smallest absolute Gasteiger partial charge is 0.308 e. The fourth-order valence-electron chi connectivity index (χ4n) is 8.45. The SMILES string of the molecule is FC(F)(F)c1cc(-c2ccc3c4ccccc4n(-c4ccc(-c5nc(-c6ccccc6)nc(-c6ccccc6)n5)cc4-c4nc(-c5ccccc5)nc(-c5ccccc5)n4)c3c2)cc(C(F)(F)F)c1. The zero-order valence-corrected chi connectivity index (χ0v) is 36.0. The van der Waals surface area contributed by atoms with E-state index in [1.54, 1.807) is 18.2 Å². The number of fused-ring (bicyclic) bond motifs is 3. The molecule has 0 aliphatic rings. The van der Waals surface area contributed by atoms with Crippen LogP contribution in [0.5, 0.6) is 0 Å². The molecule has 13 heteroatoms. The molecule has 0 bridgehead atoms. The largest absolute Gasteiger partial charge is 0.416 e. The van der Waals surface area contributed by atoms with E-state index in [-0.39, 0.29) is 23.0 Å². The van der Waals surface area contributed by atoms with Crippen molar-refractivity contribution in [2.24, 2.45) is 0 Å². The second-order valence-corrected chi connectivity index (χ2v) is 16.2. The van der Waals surface area contributed by atoms with Gasteiger partial charge in [-0.15, -0.1) is 0 Å². The van der Waals surface area contributed by atoms with Crippen molar-refractivity contribution in [3.63, 3.8) is 0 Å². The molecule has 11 rings (SSSR count). The molecule has 3 heterocycles. The van der Waals surface area contributed by atoms with E-state index < -0.39 is 23.5 Å². The summed E-state index contributed by atoms with van der Waals surface area (Å²) in [6.07, 6.45) is -10.1. The molecule has 0 aliphatic carbocycles. The minimum atomic E-state index is -5.03. The lowest BCUT2D eigenvalue weighted by atomic mass is 9.98. The summed E-state index contributed by atoms with van der Waals surface area (Å²) in [4.78, 5) is 30.1. The number of halogens is 6. The lowest BCUT2D eigenvalue weighted by Crippen LogP contribution is -2.11. The van der Waals surface area contributed by atoms with Crippen LogP contribution in [-0.2, 0) is 12.4 Å². The molecule has 7 nitrogen and oxygen atoms in total. The maximum atomic E-state index is 14.2. The summed E-state index contributed by atoms with van der Waals surface area (Å²) < 4.78 is 87.0. The van der Waals surface area contributed by atoms with Gasteiger partial charge in [0.05, 0.1) is 27.8 Å². The van der Waals surface area contributed by atoms with Crippen molar-refractivity contribution >= 4 is 21.8 Å². The molecule has 11 aromatic rings. The van der Waals surface area contributed by atoms with Crippen molar-refractivity contribution in [1.29, 1.82) is 0 Å². The first-order valence-electron chi connectivity index (χ1n) is 21.7. The van der Waals surface area contributed by atoms with E-state index in [2.05, 4.69) is 0 Å². The number of alkyl halides is 6. The van der Waals surface area contributed by atoms with Gasteiger partial charge >= 0.3 is 12.4 Å². The zero-order chi connectivity index (χ0) is 47.3. The van der Waals surface area contributed by atoms with Crippen LogP contribution in [0.15, 0.2) is 200 Å². The van der Waals surface area contributed by atoms with Crippen molar-refractivity contribution < 1.29 is 26.3 Å². The van der Waals surface area contributed by atoms with Crippen LogP contribution in [0.4, 0.5) is 26.3 Å². The van der Waals surface area contributed by atoms with Gasteiger partial charge in [-0.1, -0.05) is 152 Å². The van der Waals surface area contributed by atoms with Crippen molar-refractivity contribution in [3.05, 3.63) is 211 Å². The van der Waals surface area contributed by atoms with Crippen LogP contribution in [0.25, 0.3) is 107 Å². The molecule has 0 unspecified atom stereocenters. The Hall–Kier alpha value is -8.84. The summed E-state index contributed by atoms with van der Waals surface area (Å²) in [6.45, 7) is 0. The number of benzene rings is 8. The maximum absolute atomic E-state index is 14.2. The number of aromatic nitrogens is 7. The van der Waals surface area contributed by atoms with Crippen molar-refractivity contribution in [2.45, 2.75) is 12.4 Å². The number of nitrogens with zero attached hydrogens (tertiary/aromatic N) is 7. The van der Waals surface area contributed by atoms with Crippen LogP contribution in [-0.4, -0.2) is 34.5 Å². The maximum Gasteiger partial charge on any atom is 0.416 e. The summed E-state index contributed by atoms with van der Waals surface area (Å²) in [7, 11) is 0. The standard InChI is InChI=1S/C56H33F6N7/c57-55(58,59)41-29-40(30-42(33-41)56(60,61)62)38-25-27-44-43-23-13-14-24-46(43)69(48(44)32-38)47-28-26-39(53-65-49(34-15-5-1-6-16-34)63-50(66-53)35-17-7-2-8-18-35)31-45(47)54-67-51(36-19-9-3-10-20-36)64-52(68-54)37-21-11-4-12-22-37/h1-33H. The Morgan fingerprint density at radius 1 is 0.290 bits per heavy atom. The molecule has 0 aliphatic heterocycles. The highest BCUT2D eigenvalue weighted by Gasteiger charge is 2.37. The number of hydrogen-bond acceptors (Lipinski definition) is 6. The molecule has 0 N–H and O–H groups in total. The van der Waals surface area contributed by atoms with Crippen LogP contribution in [0.3, 0.4) is 0 Å². The monoisotopic (exact) mass is 917 g/mol. The van der Waals surface area contributed by atoms with Gasteiger partial charge in [0.15, 0.2) is 34.9 Å². The van der Waals surface area contributed by atoms with Gasteiger partial charge < -0.3 is 4.57 Å². The van der Waals surface area contributed by atoms with Crippen LogP contribution >= 0.6 is 0 Å². The van der Waals surface area contributed by atoms with Gasteiger partial charge in [0.25, 0.3) is 0 Å². The first-order chi connectivity index (χ1) is 33.4. The van der Waals surface area contributed by atoms with Crippen LogP contribution < -0.4 is 0 Å². The Morgan fingerprint density at radius 2 is 0.681 bits per heavy atom. The number of hydrogen-bond donors (Lipinski definition) is 0. The van der Waals surface area contributed by atoms with Crippen molar-refractivity contribution in [1.82, 2.24) is 34.5 Å². The Kier molecular flexibility index (Phi) is 10.6. The zero-order valence-electron chi connectivity index (χ0n) is 36.0. The summed E-state index contributed by atoms with van der Waals surface area (Å²) in [5.41, 5.74) is 2.93. The highest BCUT2D eigenvalue weighted by molar-refractivity contribution is 6.10. The second-order valence-electron chi connectivity index (χ2n) is 16.2. The molecule has 69 heavy (non-hydrogen) atoms. The Bertz CT molecular complexity index is 3540. The van der Waals surface area contributed by atoms with Crippen molar-refractivity contribution in [2.75, 3.05) is 0 Å². The van der Waals surface area contributed by atoms with Gasteiger partial charge in [0, 0.05) is 44.2 Å². The summed E-state index contributed by atoms with van der Waals surface area (Å²) >= 11 is 0. The lowest BCUT2D eigenvalue weighted by Gasteiger charge is -2.17. The fourth-order valence-corrected chi connectivity index (χ4v) is 8.45. The minimum absolute atomic E-state index is 0.132. The Morgan fingerprint density at radius 3 is 1.14 bits per heavy atom. The molecular weight excluding hydrogens is 885 g/mol. The number of rotatable bonds is 8. The van der Waals surface area contributed by atoms with E-state index in [0.29, 0.717) is 62.4 Å². The second kappa shape index (κ2) is 17.1. The minimum Gasteiger partial charge on any atom is -0.308 e. The van der Waals surface area contributed by atoms with Crippen molar-refractivity contribution in [3.8, 4) is 85.1 Å². The van der Waals surface area contributed by atoms with Crippen LogP contribution in [0.2, 0.25) is 0 Å². The van der Waals surface area contributed by atoms with Gasteiger partial charge in [-0.3, -0.25) is 0 Å². The molecule has 0 amide bonds. The normalized spacial score (nSPS) is 11.9. The predicted octanol–water partition coefficient (Wildman–Crippen LogP) is 14.9. The summed E-state index contributed by atoms with van der Waals surface area (Å²) in [5, 5.41) is 1.49. The van der Waals surface area contributed by atoms with E-state index in [1.165, 1.54) is 0 Å². The fraction of sp³-hybridized carbons (Fsp3) is 0.0357. The molecule has 0 radical (unpaired) electrons. The van der Waals surface area contributed by atoms with Gasteiger partial charge in [-0.25, -0.2) is 29.9 Å². The van der Waals surface area contributed by atoms with Crippen LogP contribution in [0, 0.1) is 0 Å². The van der Waals surface area contributed by atoms with Gasteiger partial charge in [-0.05, 0) is 59.7 Å². The average molecular weight is 918 g/mol. The molecule has 334 valence electrons. The third-order valence-corrected chi connectivity index (χ3v) is 11.7.